The quantitative estimate of drug-likeness (QED) is 0.0650. The zero-order valence-electron chi connectivity index (χ0n) is 27.9. The van der Waals surface area contributed by atoms with Crippen molar-refractivity contribution < 1.29 is 32.8 Å². The lowest BCUT2D eigenvalue weighted by atomic mass is 10.1. The molecule has 45 heavy (non-hydrogen) atoms. The van der Waals surface area contributed by atoms with Crippen LogP contribution in [0, 0.1) is 0 Å². The van der Waals surface area contributed by atoms with Crippen LogP contribution in [0.15, 0.2) is 28.7 Å². The van der Waals surface area contributed by atoms with E-state index in [4.69, 9.17) is 32.8 Å². The molecular formula is C38H56O7. The van der Waals surface area contributed by atoms with Crippen LogP contribution < -0.4 is 18.9 Å². The van der Waals surface area contributed by atoms with Gasteiger partial charge in [0, 0.05) is 22.9 Å². The van der Waals surface area contributed by atoms with Crippen molar-refractivity contribution in [3.63, 3.8) is 0 Å². The molecule has 2 aliphatic heterocycles. The minimum absolute atomic E-state index is 0.160. The van der Waals surface area contributed by atoms with Crippen LogP contribution in [0.2, 0.25) is 0 Å². The second kappa shape index (κ2) is 18.5. The van der Waals surface area contributed by atoms with Gasteiger partial charge in [0.05, 0.1) is 26.4 Å². The fourth-order valence-corrected chi connectivity index (χ4v) is 5.77. The van der Waals surface area contributed by atoms with Gasteiger partial charge < -0.3 is 32.8 Å². The lowest BCUT2D eigenvalue weighted by molar-refractivity contribution is 0.239. The summed E-state index contributed by atoms with van der Waals surface area (Å²) >= 11 is 0. The standard InChI is InChI=1S/C38H56O7/c1-3-5-7-9-11-13-15-17-19-39-37-23-33-31(21-35(37)43-27-29-25-41-29)32-22-36(44-28-30-26-42-30)38(24-34(32)45-33)40-20-18-16-14-12-10-8-6-4-2/h21-24,29-30H,3-20,25-28H2,1-2H3. The van der Waals surface area contributed by atoms with Gasteiger partial charge in [0.2, 0.25) is 0 Å². The van der Waals surface area contributed by atoms with Crippen LogP contribution in [0.25, 0.3) is 21.9 Å². The summed E-state index contributed by atoms with van der Waals surface area (Å²) in [6, 6.07) is 8.04. The molecule has 0 radical (unpaired) electrons. The molecule has 2 fully saturated rings. The van der Waals surface area contributed by atoms with E-state index in [1.54, 1.807) is 0 Å². The Morgan fingerprint density at radius 1 is 0.489 bits per heavy atom. The summed E-state index contributed by atoms with van der Waals surface area (Å²) in [5, 5.41) is 1.94. The van der Waals surface area contributed by atoms with Crippen LogP contribution in [-0.2, 0) is 9.47 Å². The molecule has 2 saturated heterocycles. The molecule has 7 heteroatoms. The van der Waals surface area contributed by atoms with Gasteiger partial charge in [-0.2, -0.15) is 0 Å². The first-order chi connectivity index (χ1) is 22.2. The van der Waals surface area contributed by atoms with Crippen molar-refractivity contribution in [1.29, 1.82) is 0 Å². The Hall–Kier alpha value is -2.64. The van der Waals surface area contributed by atoms with Crippen molar-refractivity contribution in [3.05, 3.63) is 24.3 Å². The molecule has 0 aliphatic carbocycles. The summed E-state index contributed by atoms with van der Waals surface area (Å²) in [4.78, 5) is 0. The molecule has 2 aromatic carbocycles. The molecule has 250 valence electrons. The van der Waals surface area contributed by atoms with Crippen molar-refractivity contribution in [2.24, 2.45) is 0 Å². The fraction of sp³-hybridized carbons (Fsp3) is 0.684. The highest BCUT2D eigenvalue weighted by atomic mass is 16.6. The van der Waals surface area contributed by atoms with Crippen LogP contribution in [0.5, 0.6) is 23.0 Å². The van der Waals surface area contributed by atoms with E-state index in [0.717, 1.165) is 71.0 Å². The average molecular weight is 625 g/mol. The van der Waals surface area contributed by atoms with E-state index in [1.807, 2.05) is 24.3 Å². The van der Waals surface area contributed by atoms with Gasteiger partial charge in [0.15, 0.2) is 23.0 Å². The number of rotatable bonds is 26. The van der Waals surface area contributed by atoms with Gasteiger partial charge in [-0.15, -0.1) is 0 Å². The largest absolute Gasteiger partial charge is 0.490 e. The van der Waals surface area contributed by atoms with Gasteiger partial charge in [-0.1, -0.05) is 104 Å². The van der Waals surface area contributed by atoms with Gasteiger partial charge in [0.25, 0.3) is 0 Å². The minimum Gasteiger partial charge on any atom is -0.490 e. The van der Waals surface area contributed by atoms with Crippen LogP contribution in [-0.4, -0.2) is 51.8 Å². The van der Waals surface area contributed by atoms with Crippen molar-refractivity contribution in [2.45, 2.75) is 129 Å². The molecule has 7 nitrogen and oxygen atoms in total. The van der Waals surface area contributed by atoms with Crippen LogP contribution in [0.3, 0.4) is 0 Å². The molecule has 2 aliphatic rings. The third kappa shape index (κ3) is 11.3. The van der Waals surface area contributed by atoms with Gasteiger partial charge in [-0.3, -0.25) is 0 Å². The molecule has 0 bridgehead atoms. The molecular weight excluding hydrogens is 568 g/mol. The lowest BCUT2D eigenvalue weighted by Gasteiger charge is -2.13. The van der Waals surface area contributed by atoms with Crippen LogP contribution in [0.1, 0.15) is 117 Å². The van der Waals surface area contributed by atoms with E-state index >= 15 is 0 Å². The first-order valence-electron chi connectivity index (χ1n) is 18.0. The molecule has 0 amide bonds. The van der Waals surface area contributed by atoms with Crippen LogP contribution in [0.4, 0.5) is 0 Å². The maximum absolute atomic E-state index is 6.38. The van der Waals surface area contributed by atoms with Crippen molar-refractivity contribution in [3.8, 4) is 23.0 Å². The number of furan rings is 1. The highest BCUT2D eigenvalue weighted by molar-refractivity contribution is 6.07. The van der Waals surface area contributed by atoms with E-state index in [2.05, 4.69) is 13.8 Å². The number of hydrogen-bond donors (Lipinski definition) is 0. The molecule has 2 atom stereocenters. The summed E-state index contributed by atoms with van der Waals surface area (Å²) in [6.07, 6.45) is 20.5. The maximum atomic E-state index is 6.38. The number of epoxide rings is 2. The molecule has 5 rings (SSSR count). The fourth-order valence-electron chi connectivity index (χ4n) is 5.77. The van der Waals surface area contributed by atoms with Crippen molar-refractivity contribution in [2.75, 3.05) is 39.6 Å². The Labute approximate surface area is 270 Å². The molecule has 0 spiro atoms. The predicted octanol–water partition coefficient (Wildman–Crippen LogP) is 10.2. The molecule has 3 aromatic rings. The number of fused-ring (bicyclic) bond motifs is 3. The van der Waals surface area contributed by atoms with E-state index in [0.29, 0.717) is 26.4 Å². The topological polar surface area (TPSA) is 75.1 Å². The van der Waals surface area contributed by atoms with E-state index in [9.17, 15) is 0 Å². The second-order valence-corrected chi connectivity index (χ2v) is 12.9. The summed E-state index contributed by atoms with van der Waals surface area (Å²) < 4.78 is 42.2. The highest BCUT2D eigenvalue weighted by Crippen LogP contribution is 2.42. The summed E-state index contributed by atoms with van der Waals surface area (Å²) in [6.45, 7) is 8.38. The van der Waals surface area contributed by atoms with E-state index in [1.165, 1.54) is 89.9 Å². The lowest BCUT2D eigenvalue weighted by Crippen LogP contribution is -2.07. The van der Waals surface area contributed by atoms with E-state index in [-0.39, 0.29) is 12.2 Å². The van der Waals surface area contributed by atoms with Gasteiger partial charge in [-0.25, -0.2) is 0 Å². The first kappa shape index (κ1) is 33.7. The van der Waals surface area contributed by atoms with Gasteiger partial charge >= 0.3 is 0 Å². The predicted molar refractivity (Wildman–Crippen MR) is 180 cm³/mol. The Morgan fingerprint density at radius 2 is 0.844 bits per heavy atom. The summed E-state index contributed by atoms with van der Waals surface area (Å²) in [7, 11) is 0. The average Bonchev–Trinajstić information content (AvgIpc) is 3.99. The highest BCUT2D eigenvalue weighted by Gasteiger charge is 2.26. The summed E-state index contributed by atoms with van der Waals surface area (Å²) in [5.41, 5.74) is 1.53. The van der Waals surface area contributed by atoms with Crippen molar-refractivity contribution >= 4 is 21.9 Å². The number of benzene rings is 2. The third-order valence-electron chi connectivity index (χ3n) is 8.77. The normalized spacial score (nSPS) is 17.2. The first-order valence-corrected chi connectivity index (χ1v) is 18.0. The second-order valence-electron chi connectivity index (χ2n) is 12.9. The van der Waals surface area contributed by atoms with Gasteiger partial charge in [-0.05, 0) is 25.0 Å². The summed E-state index contributed by atoms with van der Waals surface area (Å²) in [5.74, 6) is 2.89. The zero-order valence-corrected chi connectivity index (χ0v) is 27.9. The Bertz CT molecular complexity index is 1180. The van der Waals surface area contributed by atoms with Crippen molar-refractivity contribution in [1.82, 2.24) is 0 Å². The molecule has 2 unspecified atom stereocenters. The monoisotopic (exact) mass is 624 g/mol. The molecule has 3 heterocycles. The molecule has 0 N–H and O–H groups in total. The Balaban J connectivity index is 1.24. The maximum Gasteiger partial charge on any atom is 0.164 e. The third-order valence-corrected chi connectivity index (χ3v) is 8.77. The zero-order chi connectivity index (χ0) is 31.1. The SMILES string of the molecule is CCCCCCCCCCOc1cc2oc3cc(OCCCCCCCCCC)c(OCC4CO4)cc3c2cc1OCC1CO1. The molecule has 1 aromatic heterocycles. The Morgan fingerprint density at radius 3 is 1.22 bits per heavy atom. The van der Waals surface area contributed by atoms with E-state index < -0.39 is 0 Å². The van der Waals surface area contributed by atoms with Crippen LogP contribution >= 0.6 is 0 Å². The number of hydrogen-bond acceptors (Lipinski definition) is 7. The minimum atomic E-state index is 0.160. The Kier molecular flexibility index (Phi) is 13.9. The smallest absolute Gasteiger partial charge is 0.164 e. The number of unbranched alkanes of at least 4 members (excludes halogenated alkanes) is 14. The number of ether oxygens (including phenoxy) is 6. The molecule has 0 saturated carbocycles. The van der Waals surface area contributed by atoms with Gasteiger partial charge in [0.1, 0.15) is 36.6 Å².